The molecule has 0 heterocycles. The molecule has 0 saturated heterocycles. The smallest absolute Gasteiger partial charge is 0.217 e. The number of nitrogens with one attached hydrogen (secondary N) is 2. The zero-order valence-corrected chi connectivity index (χ0v) is 15.6. The van der Waals surface area contributed by atoms with E-state index in [1.54, 1.807) is 0 Å². The number of rotatable bonds is 9. The Bertz CT molecular complexity index is 677. The van der Waals surface area contributed by atoms with Crippen LogP contribution in [0.4, 0.5) is 0 Å². The third-order valence-electron chi connectivity index (χ3n) is 3.97. The molecular weight excluding hydrogens is 331 g/mol. The van der Waals surface area contributed by atoms with Gasteiger partial charge in [0.25, 0.3) is 0 Å². The lowest BCUT2D eigenvalue weighted by Crippen LogP contribution is -2.47. The normalized spacial score (nSPS) is 13.0. The Kier molecular flexibility index (Phi) is 7.77. The van der Waals surface area contributed by atoms with E-state index in [1.807, 2.05) is 60.7 Å². The van der Waals surface area contributed by atoms with Crippen molar-refractivity contribution in [3.05, 3.63) is 71.8 Å². The van der Waals surface area contributed by atoms with Gasteiger partial charge in [0.2, 0.25) is 5.91 Å². The SMILES string of the molecule is CC(=O)NC(CNC(Cc1ccccc1)C(=O)P)Cc1ccccc1. The van der Waals surface area contributed by atoms with Gasteiger partial charge in [0.1, 0.15) is 0 Å². The van der Waals surface area contributed by atoms with Crippen molar-refractivity contribution in [3.8, 4) is 0 Å². The van der Waals surface area contributed by atoms with Gasteiger partial charge in [0.15, 0.2) is 5.52 Å². The summed E-state index contributed by atoms with van der Waals surface area (Å²) in [5.41, 5.74) is 2.28. The maximum atomic E-state index is 12.0. The van der Waals surface area contributed by atoms with Crippen LogP contribution in [0.15, 0.2) is 60.7 Å². The molecule has 0 spiro atoms. The number of hydrogen-bond donors (Lipinski definition) is 2. The minimum atomic E-state index is -0.292. The molecular formula is C20H25N2O2P. The van der Waals surface area contributed by atoms with Gasteiger partial charge < -0.3 is 10.6 Å². The number of carbonyl (C=O) groups is 2. The standard InChI is InChI=1S/C20H25N2O2P/c1-15(23)22-18(12-16-8-4-2-5-9-16)14-21-19(20(24)25)13-17-10-6-3-7-11-17/h2-11,18-19,21H,12-14,25H2,1H3,(H,22,23). The Labute approximate surface area is 151 Å². The topological polar surface area (TPSA) is 58.2 Å². The average molecular weight is 356 g/mol. The van der Waals surface area contributed by atoms with Crippen LogP contribution in [0, 0.1) is 0 Å². The fourth-order valence-corrected chi connectivity index (χ4v) is 3.00. The molecule has 3 unspecified atom stereocenters. The van der Waals surface area contributed by atoms with Crippen LogP contribution in [-0.4, -0.2) is 30.1 Å². The Hall–Kier alpha value is -2.03. The average Bonchev–Trinajstić information content (AvgIpc) is 2.59. The second-order valence-electron chi connectivity index (χ2n) is 6.14. The summed E-state index contributed by atoms with van der Waals surface area (Å²) in [5, 5.41) is 6.28. The van der Waals surface area contributed by atoms with Crippen LogP contribution in [-0.2, 0) is 22.4 Å². The molecule has 132 valence electrons. The van der Waals surface area contributed by atoms with E-state index in [1.165, 1.54) is 6.92 Å². The van der Waals surface area contributed by atoms with E-state index >= 15 is 0 Å². The van der Waals surface area contributed by atoms with Gasteiger partial charge in [0.05, 0.1) is 6.04 Å². The van der Waals surface area contributed by atoms with Gasteiger partial charge >= 0.3 is 0 Å². The van der Waals surface area contributed by atoms with E-state index in [0.717, 1.165) is 17.5 Å². The van der Waals surface area contributed by atoms with Crippen molar-refractivity contribution in [2.45, 2.75) is 31.8 Å². The molecule has 25 heavy (non-hydrogen) atoms. The van der Waals surface area contributed by atoms with Gasteiger partial charge in [-0.2, -0.15) is 0 Å². The summed E-state index contributed by atoms with van der Waals surface area (Å²) in [6, 6.07) is 19.6. The molecule has 2 N–H and O–H groups in total. The van der Waals surface area contributed by atoms with Crippen molar-refractivity contribution in [1.82, 2.24) is 10.6 Å². The first kappa shape index (κ1) is 19.3. The Balaban J connectivity index is 1.98. The summed E-state index contributed by atoms with van der Waals surface area (Å²) in [6.45, 7) is 2.05. The predicted molar refractivity (Wildman–Crippen MR) is 104 cm³/mol. The highest BCUT2D eigenvalue weighted by Gasteiger charge is 2.18. The molecule has 0 aliphatic rings. The van der Waals surface area contributed by atoms with E-state index in [0.29, 0.717) is 13.0 Å². The predicted octanol–water partition coefficient (Wildman–Crippen LogP) is 2.34. The molecule has 2 rings (SSSR count). The quantitative estimate of drug-likeness (QED) is 0.678. The summed E-state index contributed by atoms with van der Waals surface area (Å²) in [6.07, 6.45) is 1.35. The van der Waals surface area contributed by atoms with Gasteiger partial charge in [-0.1, -0.05) is 69.9 Å². The van der Waals surface area contributed by atoms with Crippen molar-refractivity contribution in [2.75, 3.05) is 6.54 Å². The second-order valence-corrected chi connectivity index (χ2v) is 6.71. The van der Waals surface area contributed by atoms with Crippen LogP contribution in [0.5, 0.6) is 0 Å². The van der Waals surface area contributed by atoms with Crippen molar-refractivity contribution < 1.29 is 9.59 Å². The highest BCUT2D eigenvalue weighted by atomic mass is 31.0. The maximum Gasteiger partial charge on any atom is 0.217 e. The molecule has 1 amide bonds. The number of hydrogen-bond acceptors (Lipinski definition) is 3. The molecule has 0 radical (unpaired) electrons. The van der Waals surface area contributed by atoms with E-state index < -0.39 is 0 Å². The van der Waals surface area contributed by atoms with E-state index in [-0.39, 0.29) is 23.5 Å². The molecule has 4 nitrogen and oxygen atoms in total. The first-order chi connectivity index (χ1) is 12.0. The molecule has 0 bridgehead atoms. The summed E-state index contributed by atoms with van der Waals surface area (Å²) in [4.78, 5) is 23.5. The third-order valence-corrected chi connectivity index (χ3v) is 4.37. The zero-order chi connectivity index (χ0) is 18.1. The highest BCUT2D eigenvalue weighted by molar-refractivity contribution is 7.40. The fraction of sp³-hybridized carbons (Fsp3) is 0.300. The van der Waals surface area contributed by atoms with E-state index in [4.69, 9.17) is 0 Å². The van der Waals surface area contributed by atoms with Gasteiger partial charge in [-0.3, -0.25) is 9.59 Å². The van der Waals surface area contributed by atoms with E-state index in [9.17, 15) is 9.59 Å². The monoisotopic (exact) mass is 356 g/mol. The minimum Gasteiger partial charge on any atom is -0.352 e. The van der Waals surface area contributed by atoms with Crippen molar-refractivity contribution in [2.24, 2.45) is 0 Å². The Morgan fingerprint density at radius 3 is 1.92 bits per heavy atom. The van der Waals surface area contributed by atoms with Crippen LogP contribution in [0.25, 0.3) is 0 Å². The summed E-state index contributed by atoms with van der Waals surface area (Å²) < 4.78 is 0. The van der Waals surface area contributed by atoms with Crippen molar-refractivity contribution >= 4 is 20.7 Å². The lowest BCUT2D eigenvalue weighted by atomic mass is 10.0. The first-order valence-electron chi connectivity index (χ1n) is 8.42. The number of benzene rings is 2. The summed E-state index contributed by atoms with van der Waals surface area (Å²) in [7, 11) is 2.26. The van der Waals surface area contributed by atoms with Crippen LogP contribution < -0.4 is 10.6 Å². The van der Waals surface area contributed by atoms with Crippen LogP contribution in [0.1, 0.15) is 18.1 Å². The molecule has 3 atom stereocenters. The lowest BCUT2D eigenvalue weighted by Gasteiger charge is -2.22. The van der Waals surface area contributed by atoms with E-state index in [2.05, 4.69) is 19.9 Å². The third kappa shape index (κ3) is 7.16. The fourth-order valence-electron chi connectivity index (χ4n) is 2.77. The van der Waals surface area contributed by atoms with Gasteiger partial charge in [-0.25, -0.2) is 0 Å². The Morgan fingerprint density at radius 2 is 1.44 bits per heavy atom. The molecule has 0 aromatic heterocycles. The molecule has 0 fully saturated rings. The number of amides is 1. The van der Waals surface area contributed by atoms with Crippen LogP contribution in [0.3, 0.4) is 0 Å². The van der Waals surface area contributed by atoms with Crippen molar-refractivity contribution in [1.29, 1.82) is 0 Å². The molecule has 0 saturated carbocycles. The Morgan fingerprint density at radius 1 is 0.920 bits per heavy atom. The van der Waals surface area contributed by atoms with Gasteiger partial charge in [0, 0.05) is 19.5 Å². The maximum absolute atomic E-state index is 12.0. The second kappa shape index (κ2) is 10.1. The zero-order valence-electron chi connectivity index (χ0n) is 14.4. The lowest BCUT2D eigenvalue weighted by molar-refractivity contribution is -0.119. The largest absolute Gasteiger partial charge is 0.352 e. The molecule has 2 aromatic rings. The molecule has 0 aliphatic heterocycles. The highest BCUT2D eigenvalue weighted by Crippen LogP contribution is 2.08. The van der Waals surface area contributed by atoms with Gasteiger partial charge in [-0.15, -0.1) is 0 Å². The van der Waals surface area contributed by atoms with Crippen molar-refractivity contribution in [3.63, 3.8) is 0 Å². The summed E-state index contributed by atoms with van der Waals surface area (Å²) >= 11 is 0. The number of carbonyl (C=O) groups excluding carboxylic acids is 2. The van der Waals surface area contributed by atoms with Crippen LogP contribution >= 0.6 is 9.24 Å². The van der Waals surface area contributed by atoms with Crippen LogP contribution in [0.2, 0.25) is 0 Å². The molecule has 2 aromatic carbocycles. The summed E-state index contributed by atoms with van der Waals surface area (Å²) in [5.74, 6) is -0.0699. The first-order valence-corrected chi connectivity index (χ1v) is 9.00. The molecule has 5 heteroatoms. The molecule has 0 aliphatic carbocycles. The minimum absolute atomic E-state index is 0.0186. The van der Waals surface area contributed by atoms with Gasteiger partial charge in [-0.05, 0) is 24.0 Å².